The van der Waals surface area contributed by atoms with Crippen molar-refractivity contribution in [2.45, 2.75) is 26.7 Å². The molecule has 3 aromatic rings. The summed E-state index contributed by atoms with van der Waals surface area (Å²) in [5, 5.41) is 0.454. The zero-order valence-corrected chi connectivity index (χ0v) is 17.4. The largest absolute Gasteiger partial charge is 0.449 e. The number of nitrogens with two attached hydrogens (primary N) is 3. The molecule has 6 heteroatoms. The van der Waals surface area contributed by atoms with Crippen molar-refractivity contribution in [1.29, 1.82) is 0 Å². The highest BCUT2D eigenvalue weighted by Gasteiger charge is 2.01. The fraction of sp³-hybridized carbons (Fsp3) is 0.227. The molecular weight excluding hydrogens is 372 g/mol. The van der Waals surface area contributed by atoms with Crippen molar-refractivity contribution >= 4 is 23.1 Å². The predicted octanol–water partition coefficient (Wildman–Crippen LogP) is 4.64. The van der Waals surface area contributed by atoms with Gasteiger partial charge in [-0.15, -0.1) is 0 Å². The van der Waals surface area contributed by atoms with Crippen molar-refractivity contribution in [3.05, 3.63) is 88.5 Å². The number of benzene rings is 1. The summed E-state index contributed by atoms with van der Waals surface area (Å²) in [4.78, 5) is 3.91. The molecule has 0 bridgehead atoms. The summed E-state index contributed by atoms with van der Waals surface area (Å²) in [7, 11) is 1.50. The number of nitrogens with zero attached hydrogens (tertiary/aromatic N) is 1. The Bertz CT molecular complexity index is 840. The lowest BCUT2D eigenvalue weighted by Crippen LogP contribution is -1.97. The minimum absolute atomic E-state index is 0.454. The number of rotatable bonds is 4. The van der Waals surface area contributed by atoms with Crippen LogP contribution < -0.4 is 17.2 Å². The summed E-state index contributed by atoms with van der Waals surface area (Å²) in [6, 6.07) is 15.8. The van der Waals surface area contributed by atoms with Crippen LogP contribution in [0.4, 0.5) is 5.82 Å². The molecule has 2 heterocycles. The summed E-state index contributed by atoms with van der Waals surface area (Å²) >= 11 is 5.71. The minimum Gasteiger partial charge on any atom is -0.449 e. The Morgan fingerprint density at radius 2 is 1.68 bits per heavy atom. The van der Waals surface area contributed by atoms with E-state index in [4.69, 9.17) is 27.5 Å². The molecule has 0 aliphatic heterocycles. The second kappa shape index (κ2) is 12.6. The zero-order valence-electron chi connectivity index (χ0n) is 16.7. The van der Waals surface area contributed by atoms with Crippen LogP contribution in [0.25, 0.3) is 5.70 Å². The Morgan fingerprint density at radius 1 is 1.04 bits per heavy atom. The molecule has 6 N–H and O–H groups in total. The predicted molar refractivity (Wildman–Crippen MR) is 119 cm³/mol. The first-order valence-corrected chi connectivity index (χ1v) is 9.43. The van der Waals surface area contributed by atoms with Crippen molar-refractivity contribution in [2.24, 2.45) is 11.5 Å². The Kier molecular flexibility index (Phi) is 10.5. The van der Waals surface area contributed by atoms with Gasteiger partial charge in [-0.1, -0.05) is 37.3 Å². The lowest BCUT2D eigenvalue weighted by atomic mass is 10.1. The average molecular weight is 401 g/mol. The number of halogens is 1. The average Bonchev–Trinajstić information content (AvgIpc) is 3.15. The molecule has 0 fully saturated rings. The van der Waals surface area contributed by atoms with Crippen molar-refractivity contribution in [3.63, 3.8) is 0 Å². The third-order valence-corrected chi connectivity index (χ3v) is 4.07. The zero-order chi connectivity index (χ0) is 20.9. The molecule has 5 nitrogen and oxygen atoms in total. The summed E-state index contributed by atoms with van der Waals surface area (Å²) in [5.74, 6) is 1.42. The lowest BCUT2D eigenvalue weighted by Gasteiger charge is -2.00. The molecule has 0 amide bonds. The van der Waals surface area contributed by atoms with E-state index >= 15 is 0 Å². The Balaban J connectivity index is 0.000000268. The van der Waals surface area contributed by atoms with Crippen molar-refractivity contribution < 1.29 is 4.42 Å². The van der Waals surface area contributed by atoms with Crippen LogP contribution in [-0.2, 0) is 12.8 Å². The van der Waals surface area contributed by atoms with E-state index < -0.39 is 0 Å². The maximum atomic E-state index is 5.71. The van der Waals surface area contributed by atoms with Gasteiger partial charge in [-0.3, -0.25) is 0 Å². The number of hydrogen-bond acceptors (Lipinski definition) is 5. The number of nitrogen functional groups attached to an aromatic ring is 1. The second-order valence-electron chi connectivity index (χ2n) is 5.77. The molecule has 1 aromatic carbocycles. The number of pyridine rings is 1. The number of aryl methyl sites for hydroxylation is 1. The van der Waals surface area contributed by atoms with Crippen LogP contribution in [0.5, 0.6) is 0 Å². The smallest absolute Gasteiger partial charge is 0.193 e. The molecule has 0 spiro atoms. The van der Waals surface area contributed by atoms with Gasteiger partial charge in [0.15, 0.2) is 5.22 Å². The molecule has 2 aromatic heterocycles. The Labute approximate surface area is 172 Å². The minimum atomic E-state index is 0.454. The van der Waals surface area contributed by atoms with Crippen molar-refractivity contribution in [2.75, 3.05) is 12.8 Å². The molecule has 0 saturated heterocycles. The molecule has 0 aliphatic rings. The summed E-state index contributed by atoms with van der Waals surface area (Å²) in [5.41, 5.74) is 19.8. The van der Waals surface area contributed by atoms with Gasteiger partial charge in [-0.25, -0.2) is 4.98 Å². The van der Waals surface area contributed by atoms with Gasteiger partial charge in [0.2, 0.25) is 0 Å². The molecule has 3 rings (SSSR count). The van der Waals surface area contributed by atoms with Crippen LogP contribution in [0.3, 0.4) is 0 Å². The van der Waals surface area contributed by atoms with E-state index in [9.17, 15) is 0 Å². The first-order valence-electron chi connectivity index (χ1n) is 9.05. The number of furan rings is 1. The highest BCUT2D eigenvalue weighted by atomic mass is 35.5. The van der Waals surface area contributed by atoms with E-state index in [0.717, 1.165) is 29.9 Å². The second-order valence-corrected chi connectivity index (χ2v) is 6.14. The maximum absolute atomic E-state index is 5.71. The van der Waals surface area contributed by atoms with E-state index in [1.807, 2.05) is 25.1 Å². The van der Waals surface area contributed by atoms with Crippen LogP contribution in [0.15, 0.2) is 65.2 Å². The third kappa shape index (κ3) is 7.86. The van der Waals surface area contributed by atoms with Gasteiger partial charge in [0.05, 0.1) is 0 Å². The molecule has 28 heavy (non-hydrogen) atoms. The molecule has 0 unspecified atom stereocenters. The summed E-state index contributed by atoms with van der Waals surface area (Å²) in [6.45, 7) is 4.03. The first-order chi connectivity index (χ1) is 13.5. The molecule has 0 atom stereocenters. The van der Waals surface area contributed by atoms with Crippen molar-refractivity contribution in [1.82, 2.24) is 4.98 Å². The standard InChI is InChI=1S/C13H13ClO.C8H11N3.CH5N/c1-2-10-3-5-11(6-4-10)9-12-7-8-13(14)15-12;1-2-7(9)6-3-4-8(10)11-5-6;1-2/h3-8H,2,9H2,1H3;2-5H,9H2,1H3,(H2,10,11);2H2,1H3/b;7-2-;. The number of allylic oxidation sites excluding steroid dienone is 1. The SMILES string of the molecule is C/C=C(\N)c1ccc(N)nc1.CCc1ccc(Cc2ccc(Cl)o2)cc1.CN. The van der Waals surface area contributed by atoms with Gasteiger partial charge in [0.25, 0.3) is 0 Å². The Hall–Kier alpha value is -2.76. The molecule has 0 radical (unpaired) electrons. The van der Waals surface area contributed by atoms with E-state index in [-0.39, 0.29) is 0 Å². The summed E-state index contributed by atoms with van der Waals surface area (Å²) < 4.78 is 5.31. The summed E-state index contributed by atoms with van der Waals surface area (Å²) in [6.07, 6.45) is 5.36. The monoisotopic (exact) mass is 400 g/mol. The number of aromatic nitrogens is 1. The molecular formula is C22H29ClN4O. The van der Waals surface area contributed by atoms with E-state index in [1.165, 1.54) is 18.2 Å². The Morgan fingerprint density at radius 3 is 2.14 bits per heavy atom. The fourth-order valence-electron chi connectivity index (χ4n) is 2.28. The van der Waals surface area contributed by atoms with Gasteiger partial charge in [0.1, 0.15) is 11.6 Å². The molecule has 0 aliphatic carbocycles. The van der Waals surface area contributed by atoms with E-state index in [1.54, 1.807) is 18.3 Å². The maximum Gasteiger partial charge on any atom is 0.193 e. The van der Waals surface area contributed by atoms with Crippen LogP contribution >= 0.6 is 11.6 Å². The number of anilines is 1. The van der Waals surface area contributed by atoms with Gasteiger partial charge >= 0.3 is 0 Å². The lowest BCUT2D eigenvalue weighted by molar-refractivity contribution is 0.523. The van der Waals surface area contributed by atoms with Gasteiger partial charge in [-0.2, -0.15) is 0 Å². The normalized spacial score (nSPS) is 10.4. The van der Waals surface area contributed by atoms with Crippen LogP contribution in [-0.4, -0.2) is 12.0 Å². The highest BCUT2D eigenvalue weighted by Crippen LogP contribution is 2.17. The van der Waals surface area contributed by atoms with Crippen LogP contribution in [0, 0.1) is 0 Å². The quantitative estimate of drug-likeness (QED) is 0.591. The van der Waals surface area contributed by atoms with Gasteiger partial charge in [-0.05, 0) is 67.4 Å². The van der Waals surface area contributed by atoms with Gasteiger partial charge in [0, 0.05) is 23.9 Å². The topological polar surface area (TPSA) is 104 Å². The van der Waals surface area contributed by atoms with Crippen LogP contribution in [0.1, 0.15) is 36.3 Å². The third-order valence-electron chi connectivity index (χ3n) is 3.87. The number of hydrogen-bond donors (Lipinski definition) is 3. The first kappa shape index (κ1) is 23.3. The van der Waals surface area contributed by atoms with E-state index in [0.29, 0.717) is 11.0 Å². The van der Waals surface area contributed by atoms with Gasteiger partial charge < -0.3 is 21.6 Å². The molecule has 150 valence electrons. The highest BCUT2D eigenvalue weighted by molar-refractivity contribution is 6.28. The van der Waals surface area contributed by atoms with Crippen LogP contribution in [0.2, 0.25) is 5.22 Å². The fourth-order valence-corrected chi connectivity index (χ4v) is 2.45. The van der Waals surface area contributed by atoms with Crippen molar-refractivity contribution in [3.8, 4) is 0 Å². The molecule has 0 saturated carbocycles. The van der Waals surface area contributed by atoms with E-state index in [2.05, 4.69) is 41.9 Å².